The highest BCUT2D eigenvalue weighted by Crippen LogP contribution is 2.24. The first-order chi connectivity index (χ1) is 7.70. The Bertz CT molecular complexity index is 480. The van der Waals surface area contributed by atoms with Crippen LogP contribution in [0.15, 0.2) is 36.5 Å². The first-order valence-electron chi connectivity index (χ1n) is 5.73. The summed E-state index contributed by atoms with van der Waals surface area (Å²) in [5.41, 5.74) is 6.33. The van der Waals surface area contributed by atoms with E-state index in [1.807, 2.05) is 12.3 Å². The SMILES string of the molecule is CCc1ncccc1-c1cc(C)cc(C)c1. The van der Waals surface area contributed by atoms with Crippen molar-refractivity contribution in [3.8, 4) is 11.1 Å². The van der Waals surface area contributed by atoms with E-state index in [1.165, 1.54) is 27.9 Å². The van der Waals surface area contributed by atoms with E-state index in [4.69, 9.17) is 0 Å². The molecule has 1 aromatic heterocycles. The zero-order valence-electron chi connectivity index (χ0n) is 10.1. The van der Waals surface area contributed by atoms with E-state index in [2.05, 4.69) is 50.0 Å². The van der Waals surface area contributed by atoms with Crippen LogP contribution in [0.5, 0.6) is 0 Å². The van der Waals surface area contributed by atoms with Gasteiger partial charge in [-0.2, -0.15) is 0 Å². The number of pyridine rings is 1. The van der Waals surface area contributed by atoms with Crippen LogP contribution in [0.2, 0.25) is 0 Å². The molecule has 0 bridgehead atoms. The molecule has 2 rings (SSSR count). The van der Waals surface area contributed by atoms with Gasteiger partial charge >= 0.3 is 0 Å². The topological polar surface area (TPSA) is 12.9 Å². The number of nitrogens with zero attached hydrogens (tertiary/aromatic N) is 1. The van der Waals surface area contributed by atoms with Crippen molar-refractivity contribution in [3.05, 3.63) is 53.3 Å². The minimum atomic E-state index is 0.975. The minimum absolute atomic E-state index is 0.975. The first-order valence-corrected chi connectivity index (χ1v) is 5.73. The maximum absolute atomic E-state index is 4.43. The van der Waals surface area contributed by atoms with Crippen molar-refractivity contribution in [2.24, 2.45) is 0 Å². The molecule has 0 spiro atoms. The van der Waals surface area contributed by atoms with Gasteiger partial charge < -0.3 is 0 Å². The fourth-order valence-electron chi connectivity index (χ4n) is 2.11. The van der Waals surface area contributed by atoms with Crippen molar-refractivity contribution in [1.29, 1.82) is 0 Å². The Labute approximate surface area is 97.2 Å². The maximum Gasteiger partial charge on any atom is 0.0479 e. The van der Waals surface area contributed by atoms with Gasteiger partial charge in [0.1, 0.15) is 0 Å². The van der Waals surface area contributed by atoms with E-state index < -0.39 is 0 Å². The average molecular weight is 211 g/mol. The van der Waals surface area contributed by atoms with Crippen LogP contribution >= 0.6 is 0 Å². The standard InChI is InChI=1S/C15H17N/c1-4-15-14(6-5-7-16-15)13-9-11(2)8-12(3)10-13/h5-10H,4H2,1-3H3. The molecule has 0 radical (unpaired) electrons. The fraction of sp³-hybridized carbons (Fsp3) is 0.267. The second-order valence-corrected chi connectivity index (χ2v) is 4.23. The van der Waals surface area contributed by atoms with Crippen molar-refractivity contribution in [2.45, 2.75) is 27.2 Å². The van der Waals surface area contributed by atoms with Crippen LogP contribution in [0.4, 0.5) is 0 Å². The monoisotopic (exact) mass is 211 g/mol. The molecule has 0 amide bonds. The molecule has 0 aliphatic rings. The summed E-state index contributed by atoms with van der Waals surface area (Å²) in [6.07, 6.45) is 2.84. The Kier molecular flexibility index (Phi) is 3.04. The van der Waals surface area contributed by atoms with Crippen LogP contribution in [-0.4, -0.2) is 4.98 Å². The minimum Gasteiger partial charge on any atom is -0.261 e. The molecule has 0 saturated heterocycles. The molecule has 0 saturated carbocycles. The molecule has 0 aliphatic heterocycles. The summed E-state index contributed by atoms with van der Waals surface area (Å²) >= 11 is 0. The van der Waals surface area contributed by atoms with Gasteiger partial charge in [-0.25, -0.2) is 0 Å². The number of aryl methyl sites for hydroxylation is 3. The average Bonchev–Trinajstić information content (AvgIpc) is 2.27. The number of hydrogen-bond donors (Lipinski definition) is 0. The Hall–Kier alpha value is -1.63. The molecular weight excluding hydrogens is 194 g/mol. The van der Waals surface area contributed by atoms with E-state index in [9.17, 15) is 0 Å². The third kappa shape index (κ3) is 2.13. The fourth-order valence-corrected chi connectivity index (χ4v) is 2.11. The summed E-state index contributed by atoms with van der Waals surface area (Å²) in [6.45, 7) is 6.42. The van der Waals surface area contributed by atoms with Crippen LogP contribution in [-0.2, 0) is 6.42 Å². The van der Waals surface area contributed by atoms with E-state index in [0.717, 1.165) is 6.42 Å². The molecule has 0 unspecified atom stereocenters. The lowest BCUT2D eigenvalue weighted by Gasteiger charge is -2.08. The Morgan fingerprint density at radius 2 is 1.75 bits per heavy atom. The highest BCUT2D eigenvalue weighted by molar-refractivity contribution is 5.67. The molecule has 1 aromatic carbocycles. The van der Waals surface area contributed by atoms with Gasteiger partial charge in [0.25, 0.3) is 0 Å². The van der Waals surface area contributed by atoms with Crippen molar-refractivity contribution >= 4 is 0 Å². The van der Waals surface area contributed by atoms with Crippen molar-refractivity contribution < 1.29 is 0 Å². The molecular formula is C15H17N. The summed E-state index contributed by atoms with van der Waals surface area (Å²) in [6, 6.07) is 10.8. The number of aromatic nitrogens is 1. The summed E-state index contributed by atoms with van der Waals surface area (Å²) in [4.78, 5) is 4.43. The highest BCUT2D eigenvalue weighted by Gasteiger charge is 2.04. The summed E-state index contributed by atoms with van der Waals surface area (Å²) in [5, 5.41) is 0. The molecule has 1 heterocycles. The summed E-state index contributed by atoms with van der Waals surface area (Å²) in [7, 11) is 0. The second kappa shape index (κ2) is 4.48. The smallest absolute Gasteiger partial charge is 0.0479 e. The Balaban J connectivity index is 2.58. The molecule has 0 aliphatic carbocycles. The van der Waals surface area contributed by atoms with Gasteiger partial charge in [-0.1, -0.05) is 42.3 Å². The van der Waals surface area contributed by atoms with Crippen LogP contribution in [0.3, 0.4) is 0 Å². The predicted molar refractivity (Wildman–Crippen MR) is 68.5 cm³/mol. The van der Waals surface area contributed by atoms with E-state index in [-0.39, 0.29) is 0 Å². The molecule has 0 fully saturated rings. The molecule has 0 N–H and O–H groups in total. The van der Waals surface area contributed by atoms with Crippen molar-refractivity contribution in [1.82, 2.24) is 4.98 Å². The zero-order chi connectivity index (χ0) is 11.5. The van der Waals surface area contributed by atoms with Gasteiger partial charge in [0.05, 0.1) is 0 Å². The third-order valence-electron chi connectivity index (χ3n) is 2.76. The molecule has 82 valence electrons. The lowest BCUT2D eigenvalue weighted by Crippen LogP contribution is -1.92. The number of benzene rings is 1. The lowest BCUT2D eigenvalue weighted by atomic mass is 9.99. The zero-order valence-corrected chi connectivity index (χ0v) is 10.1. The highest BCUT2D eigenvalue weighted by atomic mass is 14.7. The van der Waals surface area contributed by atoms with Crippen LogP contribution in [0.1, 0.15) is 23.7 Å². The predicted octanol–water partition coefficient (Wildman–Crippen LogP) is 3.93. The molecule has 16 heavy (non-hydrogen) atoms. The quantitative estimate of drug-likeness (QED) is 0.733. The van der Waals surface area contributed by atoms with Gasteiger partial charge in [-0.05, 0) is 31.9 Å². The lowest BCUT2D eigenvalue weighted by molar-refractivity contribution is 1.04. The summed E-state index contributed by atoms with van der Waals surface area (Å²) in [5.74, 6) is 0. The largest absolute Gasteiger partial charge is 0.261 e. The second-order valence-electron chi connectivity index (χ2n) is 4.23. The summed E-state index contributed by atoms with van der Waals surface area (Å²) < 4.78 is 0. The normalized spacial score (nSPS) is 10.4. The molecule has 1 nitrogen and oxygen atoms in total. The van der Waals surface area contributed by atoms with Gasteiger partial charge in [-0.3, -0.25) is 4.98 Å². The van der Waals surface area contributed by atoms with Gasteiger partial charge in [0.2, 0.25) is 0 Å². The van der Waals surface area contributed by atoms with Crippen LogP contribution in [0.25, 0.3) is 11.1 Å². The van der Waals surface area contributed by atoms with E-state index in [1.54, 1.807) is 0 Å². The molecule has 2 aromatic rings. The Morgan fingerprint density at radius 3 is 2.38 bits per heavy atom. The van der Waals surface area contributed by atoms with Crippen LogP contribution in [0, 0.1) is 13.8 Å². The molecule has 1 heteroatoms. The van der Waals surface area contributed by atoms with Gasteiger partial charge in [0.15, 0.2) is 0 Å². The van der Waals surface area contributed by atoms with Crippen molar-refractivity contribution in [2.75, 3.05) is 0 Å². The third-order valence-corrected chi connectivity index (χ3v) is 2.76. The number of rotatable bonds is 2. The van der Waals surface area contributed by atoms with Crippen LogP contribution < -0.4 is 0 Å². The van der Waals surface area contributed by atoms with E-state index >= 15 is 0 Å². The Morgan fingerprint density at radius 1 is 1.06 bits per heavy atom. The van der Waals surface area contributed by atoms with Gasteiger partial charge in [0, 0.05) is 17.5 Å². The maximum atomic E-state index is 4.43. The molecule has 0 atom stereocenters. The van der Waals surface area contributed by atoms with Gasteiger partial charge in [-0.15, -0.1) is 0 Å². The first kappa shape index (κ1) is 10.9. The number of hydrogen-bond acceptors (Lipinski definition) is 1. The van der Waals surface area contributed by atoms with Crippen molar-refractivity contribution in [3.63, 3.8) is 0 Å². The van der Waals surface area contributed by atoms with E-state index in [0.29, 0.717) is 0 Å².